The second kappa shape index (κ2) is 4.39. The summed E-state index contributed by atoms with van der Waals surface area (Å²) in [6.07, 6.45) is 1.47. The zero-order chi connectivity index (χ0) is 11.7. The Morgan fingerprint density at radius 1 is 1.62 bits per heavy atom. The van der Waals surface area contributed by atoms with Crippen molar-refractivity contribution in [3.63, 3.8) is 0 Å². The van der Waals surface area contributed by atoms with E-state index in [1.165, 1.54) is 17.5 Å². The smallest absolute Gasteiger partial charge is 0.341 e. The summed E-state index contributed by atoms with van der Waals surface area (Å²) < 4.78 is 5.74. The molecule has 0 aliphatic heterocycles. The number of hydrogen-bond donors (Lipinski definition) is 0. The summed E-state index contributed by atoms with van der Waals surface area (Å²) in [6.45, 7) is 4.05. The fourth-order valence-electron chi connectivity index (χ4n) is 1.41. The van der Waals surface area contributed by atoms with Gasteiger partial charge in [0.25, 0.3) is 0 Å². The van der Waals surface area contributed by atoms with Crippen molar-refractivity contribution in [1.82, 2.24) is 4.98 Å². The first kappa shape index (κ1) is 11.4. The molecule has 0 fully saturated rings. The van der Waals surface area contributed by atoms with Crippen molar-refractivity contribution >= 4 is 39.1 Å². The summed E-state index contributed by atoms with van der Waals surface area (Å²) in [5.41, 5.74) is 2.25. The first-order valence-electron chi connectivity index (χ1n) is 4.84. The van der Waals surface area contributed by atoms with Crippen molar-refractivity contribution in [3.05, 3.63) is 27.7 Å². The molecular weight excluding hydrogens is 246 g/mol. The Hall–Kier alpha value is -1.13. The molecule has 0 aliphatic carbocycles. The fourth-order valence-corrected chi connectivity index (χ4v) is 2.71. The van der Waals surface area contributed by atoms with Gasteiger partial charge in [0.2, 0.25) is 0 Å². The third-order valence-corrected chi connectivity index (χ3v) is 3.81. The van der Waals surface area contributed by atoms with Gasteiger partial charge in [0.05, 0.1) is 27.4 Å². The molecule has 2 aromatic rings. The number of carbonyl (C=O) groups excluding carboxylic acids is 1. The number of carbonyl (C=O) groups is 1. The van der Waals surface area contributed by atoms with Crippen molar-refractivity contribution in [3.8, 4) is 0 Å². The van der Waals surface area contributed by atoms with Gasteiger partial charge >= 0.3 is 5.97 Å². The average Bonchev–Trinajstić information content (AvgIpc) is 2.62. The Morgan fingerprint density at radius 2 is 2.38 bits per heavy atom. The van der Waals surface area contributed by atoms with E-state index < -0.39 is 5.97 Å². The molecule has 0 radical (unpaired) electrons. The van der Waals surface area contributed by atoms with E-state index in [4.69, 9.17) is 16.3 Å². The van der Waals surface area contributed by atoms with E-state index in [1.807, 2.05) is 12.3 Å². The topological polar surface area (TPSA) is 39.2 Å². The van der Waals surface area contributed by atoms with Crippen LogP contribution in [-0.4, -0.2) is 17.6 Å². The van der Waals surface area contributed by atoms with Crippen molar-refractivity contribution in [1.29, 1.82) is 0 Å². The zero-order valence-corrected chi connectivity index (χ0v) is 10.5. The maximum atomic E-state index is 11.6. The lowest BCUT2D eigenvalue weighted by Gasteiger charge is -2.04. The summed E-state index contributed by atoms with van der Waals surface area (Å²) in [6, 6.07) is 0. The predicted molar refractivity (Wildman–Crippen MR) is 65.3 cm³/mol. The van der Waals surface area contributed by atoms with Gasteiger partial charge in [-0.1, -0.05) is 11.6 Å². The molecule has 2 rings (SSSR count). The quantitative estimate of drug-likeness (QED) is 0.772. The van der Waals surface area contributed by atoms with Crippen molar-refractivity contribution in [2.45, 2.75) is 13.8 Å². The first-order chi connectivity index (χ1) is 7.65. The number of nitrogens with zero attached hydrogens (tertiary/aromatic N) is 1. The largest absolute Gasteiger partial charge is 0.462 e. The summed E-state index contributed by atoms with van der Waals surface area (Å²) >= 11 is 7.64. The van der Waals surface area contributed by atoms with Gasteiger partial charge in [0.1, 0.15) is 0 Å². The van der Waals surface area contributed by atoms with Crippen LogP contribution in [0.15, 0.2) is 11.6 Å². The number of thiophene rings is 1. The third-order valence-electron chi connectivity index (χ3n) is 2.20. The highest BCUT2D eigenvalue weighted by molar-refractivity contribution is 7.18. The lowest BCUT2D eigenvalue weighted by Crippen LogP contribution is -2.05. The summed E-state index contributed by atoms with van der Waals surface area (Å²) in [7, 11) is 0. The number of halogens is 1. The van der Waals surface area contributed by atoms with Crippen LogP contribution in [0, 0.1) is 6.92 Å². The highest BCUT2D eigenvalue weighted by atomic mass is 35.5. The van der Waals surface area contributed by atoms with Crippen LogP contribution in [0.3, 0.4) is 0 Å². The average molecular weight is 256 g/mol. The number of rotatable bonds is 2. The number of hydrogen-bond acceptors (Lipinski definition) is 4. The molecule has 5 heteroatoms. The van der Waals surface area contributed by atoms with Gasteiger partial charge in [-0.25, -0.2) is 4.79 Å². The number of aromatic nitrogens is 1. The predicted octanol–water partition coefficient (Wildman–Crippen LogP) is 3.43. The number of fused-ring (bicyclic) bond motifs is 1. The van der Waals surface area contributed by atoms with Crippen LogP contribution < -0.4 is 0 Å². The normalized spacial score (nSPS) is 10.7. The van der Waals surface area contributed by atoms with Crippen molar-refractivity contribution in [2.75, 3.05) is 6.61 Å². The van der Waals surface area contributed by atoms with Gasteiger partial charge in [-0.3, -0.25) is 4.98 Å². The van der Waals surface area contributed by atoms with Crippen molar-refractivity contribution < 1.29 is 9.53 Å². The third kappa shape index (κ3) is 1.79. The van der Waals surface area contributed by atoms with Crippen LogP contribution in [0.5, 0.6) is 0 Å². The van der Waals surface area contributed by atoms with Gasteiger partial charge in [-0.2, -0.15) is 0 Å². The Balaban J connectivity index is 2.56. The van der Waals surface area contributed by atoms with E-state index in [0.29, 0.717) is 17.2 Å². The molecule has 3 nitrogen and oxygen atoms in total. The van der Waals surface area contributed by atoms with Crippen LogP contribution in [-0.2, 0) is 4.74 Å². The highest BCUT2D eigenvalue weighted by Gasteiger charge is 2.16. The summed E-state index contributed by atoms with van der Waals surface area (Å²) in [5, 5.41) is 2.40. The molecular formula is C11H10ClNO2S. The van der Waals surface area contributed by atoms with Gasteiger partial charge in [-0.05, 0) is 24.8 Å². The van der Waals surface area contributed by atoms with Crippen LogP contribution in [0.1, 0.15) is 22.8 Å². The molecule has 0 aliphatic rings. The first-order valence-corrected chi connectivity index (χ1v) is 6.10. The Kier molecular flexibility index (Phi) is 3.12. The Labute approximate surface area is 102 Å². The van der Waals surface area contributed by atoms with E-state index in [2.05, 4.69) is 4.98 Å². The monoisotopic (exact) mass is 255 g/mol. The molecule has 2 aromatic heterocycles. The fraction of sp³-hybridized carbons (Fsp3) is 0.273. The van der Waals surface area contributed by atoms with Crippen LogP contribution >= 0.6 is 22.9 Å². The van der Waals surface area contributed by atoms with E-state index in [0.717, 1.165) is 15.8 Å². The molecule has 0 spiro atoms. The molecule has 2 heterocycles. The number of esters is 1. The molecule has 84 valence electrons. The Morgan fingerprint density at radius 3 is 3.06 bits per heavy atom. The van der Waals surface area contributed by atoms with E-state index in [-0.39, 0.29) is 0 Å². The highest BCUT2D eigenvalue weighted by Crippen LogP contribution is 2.32. The van der Waals surface area contributed by atoms with Crippen molar-refractivity contribution in [2.24, 2.45) is 0 Å². The zero-order valence-electron chi connectivity index (χ0n) is 8.91. The second-order valence-electron chi connectivity index (χ2n) is 3.30. The van der Waals surface area contributed by atoms with E-state index >= 15 is 0 Å². The second-order valence-corrected chi connectivity index (χ2v) is 4.56. The minimum Gasteiger partial charge on any atom is -0.462 e. The molecule has 0 saturated carbocycles. The van der Waals surface area contributed by atoms with E-state index in [1.54, 1.807) is 6.92 Å². The van der Waals surface area contributed by atoms with E-state index in [9.17, 15) is 4.79 Å². The number of ether oxygens (including phenoxy) is 1. The SMILES string of the molecule is CCOC(=O)c1cnc2c(C)csc2c1Cl. The molecule has 0 saturated heterocycles. The van der Waals surface area contributed by atoms with Crippen LogP contribution in [0.2, 0.25) is 5.02 Å². The molecule has 0 atom stereocenters. The maximum Gasteiger partial charge on any atom is 0.341 e. The lowest BCUT2D eigenvalue weighted by atomic mass is 10.2. The van der Waals surface area contributed by atoms with Gasteiger partial charge < -0.3 is 4.74 Å². The molecule has 0 amide bonds. The molecule has 0 unspecified atom stereocenters. The standard InChI is InChI=1S/C11H10ClNO2S/c1-3-15-11(14)7-4-13-9-6(2)5-16-10(9)8(7)12/h4-5H,3H2,1-2H3. The maximum absolute atomic E-state index is 11.6. The summed E-state index contributed by atoms with van der Waals surface area (Å²) in [5.74, 6) is -0.423. The molecule has 0 N–H and O–H groups in total. The van der Waals surface area contributed by atoms with Crippen LogP contribution in [0.4, 0.5) is 0 Å². The minimum absolute atomic E-state index is 0.330. The van der Waals surface area contributed by atoms with Crippen LogP contribution in [0.25, 0.3) is 10.2 Å². The Bertz CT molecular complexity index is 550. The summed E-state index contributed by atoms with van der Waals surface area (Å²) in [4.78, 5) is 15.8. The molecule has 0 bridgehead atoms. The van der Waals surface area contributed by atoms with Gasteiger partial charge in [0, 0.05) is 6.20 Å². The van der Waals surface area contributed by atoms with Gasteiger partial charge in [0.15, 0.2) is 0 Å². The lowest BCUT2D eigenvalue weighted by molar-refractivity contribution is 0.0526. The number of pyridine rings is 1. The molecule has 0 aromatic carbocycles. The molecule has 16 heavy (non-hydrogen) atoms. The van der Waals surface area contributed by atoms with Gasteiger partial charge in [-0.15, -0.1) is 11.3 Å². The number of aryl methyl sites for hydroxylation is 1. The minimum atomic E-state index is -0.423.